The Balaban J connectivity index is 0.00000337. The van der Waals surface area contributed by atoms with E-state index in [1.54, 1.807) is 6.07 Å². The SMILES string of the molecule is Cl.O=c1ccc(-c2c(-c3ccccc3)nn3ccccc23)nn1CCNCC(O)COc1cccc2ccccc12. The lowest BCUT2D eigenvalue weighted by Gasteiger charge is -2.15. The predicted molar refractivity (Wildman–Crippen MR) is 164 cm³/mol. The van der Waals surface area contributed by atoms with E-state index in [-0.39, 0.29) is 24.6 Å². The summed E-state index contributed by atoms with van der Waals surface area (Å²) in [6.07, 6.45) is 1.20. The molecule has 6 aromatic rings. The smallest absolute Gasteiger partial charge is 0.266 e. The molecule has 0 spiro atoms. The van der Waals surface area contributed by atoms with Crippen molar-refractivity contribution in [3.05, 3.63) is 120 Å². The number of fused-ring (bicyclic) bond motifs is 2. The van der Waals surface area contributed by atoms with Crippen LogP contribution in [0.1, 0.15) is 0 Å². The molecule has 0 fully saturated rings. The van der Waals surface area contributed by atoms with Crippen LogP contribution in [0.3, 0.4) is 0 Å². The van der Waals surface area contributed by atoms with Gasteiger partial charge in [0.1, 0.15) is 24.2 Å². The fraction of sp³-hybridized carbons (Fsp3) is 0.156. The van der Waals surface area contributed by atoms with E-state index in [9.17, 15) is 9.90 Å². The highest BCUT2D eigenvalue weighted by Crippen LogP contribution is 2.33. The summed E-state index contributed by atoms with van der Waals surface area (Å²) < 4.78 is 9.17. The van der Waals surface area contributed by atoms with Gasteiger partial charge in [-0.25, -0.2) is 9.20 Å². The molecule has 3 heterocycles. The van der Waals surface area contributed by atoms with E-state index in [4.69, 9.17) is 14.9 Å². The lowest BCUT2D eigenvalue weighted by atomic mass is 10.0. The first-order chi connectivity index (χ1) is 19.7. The largest absolute Gasteiger partial charge is 0.490 e. The Morgan fingerprint density at radius 3 is 2.51 bits per heavy atom. The van der Waals surface area contributed by atoms with Crippen molar-refractivity contribution in [1.82, 2.24) is 24.7 Å². The Kier molecular flexibility index (Phi) is 8.74. The fourth-order valence-corrected chi connectivity index (χ4v) is 4.81. The zero-order chi connectivity index (χ0) is 27.3. The van der Waals surface area contributed by atoms with Gasteiger partial charge < -0.3 is 15.2 Å². The van der Waals surface area contributed by atoms with Crippen molar-refractivity contribution in [3.8, 4) is 28.3 Å². The molecule has 0 saturated carbocycles. The van der Waals surface area contributed by atoms with Crippen LogP contribution in [0, 0.1) is 0 Å². The molecule has 9 heteroatoms. The molecule has 208 valence electrons. The number of aliphatic hydroxyl groups is 1. The number of ether oxygens (including phenoxy) is 1. The number of aromatic nitrogens is 4. The van der Waals surface area contributed by atoms with Gasteiger partial charge in [0, 0.05) is 36.3 Å². The third kappa shape index (κ3) is 6.15. The first-order valence-electron chi connectivity index (χ1n) is 13.3. The maximum Gasteiger partial charge on any atom is 0.266 e. The Morgan fingerprint density at radius 1 is 0.854 bits per heavy atom. The highest BCUT2D eigenvalue weighted by Gasteiger charge is 2.18. The summed E-state index contributed by atoms with van der Waals surface area (Å²) in [7, 11) is 0. The number of aliphatic hydroxyl groups excluding tert-OH is 1. The normalized spacial score (nSPS) is 11.8. The Morgan fingerprint density at radius 2 is 1.63 bits per heavy atom. The van der Waals surface area contributed by atoms with Crippen molar-refractivity contribution in [1.29, 1.82) is 0 Å². The molecule has 0 aliphatic heterocycles. The van der Waals surface area contributed by atoms with Crippen LogP contribution < -0.4 is 15.6 Å². The molecule has 8 nitrogen and oxygen atoms in total. The summed E-state index contributed by atoms with van der Waals surface area (Å²) in [5.41, 5.74) is 4.03. The van der Waals surface area contributed by atoms with Crippen LogP contribution in [-0.4, -0.2) is 50.3 Å². The van der Waals surface area contributed by atoms with E-state index in [0.29, 0.717) is 25.3 Å². The molecule has 41 heavy (non-hydrogen) atoms. The third-order valence-corrected chi connectivity index (χ3v) is 6.77. The maximum atomic E-state index is 12.6. The minimum atomic E-state index is -0.706. The predicted octanol–water partition coefficient (Wildman–Crippen LogP) is 4.83. The van der Waals surface area contributed by atoms with Crippen LogP contribution in [-0.2, 0) is 6.54 Å². The van der Waals surface area contributed by atoms with Gasteiger partial charge in [0.2, 0.25) is 0 Å². The van der Waals surface area contributed by atoms with E-state index < -0.39 is 6.10 Å². The van der Waals surface area contributed by atoms with Gasteiger partial charge in [-0.05, 0) is 29.7 Å². The number of halogens is 1. The first-order valence-corrected chi connectivity index (χ1v) is 13.3. The van der Waals surface area contributed by atoms with Gasteiger partial charge in [-0.3, -0.25) is 4.79 Å². The van der Waals surface area contributed by atoms with Gasteiger partial charge in [-0.15, -0.1) is 12.4 Å². The van der Waals surface area contributed by atoms with Gasteiger partial charge in [0.05, 0.1) is 23.3 Å². The molecule has 1 unspecified atom stereocenters. The molecule has 2 N–H and O–H groups in total. The standard InChI is InChI=1S/C32H29N5O3.ClH/c38-25(22-40-29-15-8-12-23-9-4-5-13-26(23)29)21-33-18-20-37-30(39)17-16-27(34-37)31-28-14-6-7-19-36(28)35-32(31)24-10-2-1-3-11-24;/h1-17,19,25,33,38H,18,20-22H2;1H. The summed E-state index contributed by atoms with van der Waals surface area (Å²) in [6.45, 7) is 1.29. The van der Waals surface area contributed by atoms with Crippen LogP contribution in [0.2, 0.25) is 0 Å². The van der Waals surface area contributed by atoms with Gasteiger partial charge in [0.25, 0.3) is 5.56 Å². The third-order valence-electron chi connectivity index (χ3n) is 6.77. The van der Waals surface area contributed by atoms with Crippen LogP contribution in [0.25, 0.3) is 38.8 Å². The summed E-state index contributed by atoms with van der Waals surface area (Å²) in [5, 5.41) is 25.3. The summed E-state index contributed by atoms with van der Waals surface area (Å²) in [5.74, 6) is 0.743. The Labute approximate surface area is 243 Å². The van der Waals surface area contributed by atoms with Crippen molar-refractivity contribution >= 4 is 28.7 Å². The number of hydrogen-bond acceptors (Lipinski definition) is 6. The molecule has 3 aromatic carbocycles. The number of rotatable bonds is 10. The lowest BCUT2D eigenvalue weighted by Crippen LogP contribution is -2.35. The highest BCUT2D eigenvalue weighted by atomic mass is 35.5. The van der Waals surface area contributed by atoms with E-state index >= 15 is 0 Å². The molecule has 0 amide bonds. The second-order valence-corrected chi connectivity index (χ2v) is 9.55. The minimum absolute atomic E-state index is 0. The Bertz CT molecular complexity index is 1810. The number of pyridine rings is 1. The first kappa shape index (κ1) is 28.0. The molecular weight excluding hydrogens is 538 g/mol. The molecule has 6 rings (SSSR count). The average molecular weight is 568 g/mol. The number of nitrogens with one attached hydrogen (secondary N) is 1. The van der Waals surface area contributed by atoms with Crippen molar-refractivity contribution in [2.24, 2.45) is 0 Å². The highest BCUT2D eigenvalue weighted by molar-refractivity contribution is 5.90. The van der Waals surface area contributed by atoms with E-state index in [2.05, 4.69) is 5.32 Å². The second kappa shape index (κ2) is 12.8. The van der Waals surface area contributed by atoms with Gasteiger partial charge in [-0.2, -0.15) is 10.2 Å². The monoisotopic (exact) mass is 567 g/mol. The quantitative estimate of drug-likeness (QED) is 0.230. The topological polar surface area (TPSA) is 93.7 Å². The van der Waals surface area contributed by atoms with E-state index in [0.717, 1.165) is 38.9 Å². The van der Waals surface area contributed by atoms with E-state index in [1.165, 1.54) is 10.7 Å². The zero-order valence-electron chi connectivity index (χ0n) is 22.3. The van der Waals surface area contributed by atoms with E-state index in [1.807, 2.05) is 102 Å². The second-order valence-electron chi connectivity index (χ2n) is 9.55. The van der Waals surface area contributed by atoms with Crippen molar-refractivity contribution in [2.75, 3.05) is 19.7 Å². The van der Waals surface area contributed by atoms with Crippen LogP contribution in [0.15, 0.2) is 114 Å². The summed E-state index contributed by atoms with van der Waals surface area (Å²) >= 11 is 0. The van der Waals surface area contributed by atoms with Crippen molar-refractivity contribution in [2.45, 2.75) is 12.6 Å². The molecule has 3 aromatic heterocycles. The minimum Gasteiger partial charge on any atom is -0.490 e. The number of benzene rings is 3. The number of nitrogens with zero attached hydrogens (tertiary/aromatic N) is 4. The van der Waals surface area contributed by atoms with Crippen LogP contribution >= 0.6 is 12.4 Å². The van der Waals surface area contributed by atoms with Crippen LogP contribution in [0.4, 0.5) is 0 Å². The molecule has 0 aliphatic rings. The summed E-state index contributed by atoms with van der Waals surface area (Å²) in [6, 6.07) is 33.0. The maximum absolute atomic E-state index is 12.6. The van der Waals surface area contributed by atoms with Gasteiger partial charge in [-0.1, -0.05) is 72.8 Å². The molecule has 0 aliphatic carbocycles. The fourth-order valence-electron chi connectivity index (χ4n) is 4.81. The van der Waals surface area contributed by atoms with Gasteiger partial charge >= 0.3 is 0 Å². The Hall–Kier alpha value is -4.50. The molecule has 0 radical (unpaired) electrons. The number of hydrogen-bond donors (Lipinski definition) is 2. The van der Waals surface area contributed by atoms with Crippen molar-refractivity contribution in [3.63, 3.8) is 0 Å². The van der Waals surface area contributed by atoms with Crippen LogP contribution in [0.5, 0.6) is 5.75 Å². The molecule has 0 bridgehead atoms. The van der Waals surface area contributed by atoms with Crippen molar-refractivity contribution < 1.29 is 9.84 Å². The van der Waals surface area contributed by atoms with Gasteiger partial charge in [0.15, 0.2) is 0 Å². The average Bonchev–Trinajstić information content (AvgIpc) is 3.39. The molecule has 0 saturated heterocycles. The zero-order valence-corrected chi connectivity index (χ0v) is 23.1. The summed E-state index contributed by atoms with van der Waals surface area (Å²) in [4.78, 5) is 12.6. The lowest BCUT2D eigenvalue weighted by molar-refractivity contribution is 0.107. The molecular formula is C32H30ClN5O3. The molecule has 1 atom stereocenters.